The van der Waals surface area contributed by atoms with Crippen molar-refractivity contribution in [2.75, 3.05) is 25.5 Å². The first-order valence-corrected chi connectivity index (χ1v) is 13.6. The van der Waals surface area contributed by atoms with E-state index >= 15 is 0 Å². The molecule has 0 saturated heterocycles. The number of rotatable bonds is 8. The van der Waals surface area contributed by atoms with Crippen molar-refractivity contribution in [3.63, 3.8) is 0 Å². The molecular formula is C30H33ClN4O4. The second-order valence-electron chi connectivity index (χ2n) is 9.83. The first-order chi connectivity index (χ1) is 18.9. The third-order valence-electron chi connectivity index (χ3n) is 7.30. The van der Waals surface area contributed by atoms with Gasteiger partial charge in [-0.2, -0.15) is 0 Å². The Hall–Kier alpha value is -3.59. The summed E-state index contributed by atoms with van der Waals surface area (Å²) in [6.45, 7) is 4.99. The van der Waals surface area contributed by atoms with Crippen molar-refractivity contribution in [3.05, 3.63) is 71.9 Å². The van der Waals surface area contributed by atoms with Gasteiger partial charge in [-0.1, -0.05) is 37.1 Å². The van der Waals surface area contributed by atoms with E-state index < -0.39 is 6.23 Å². The number of carbonyl (C=O) groups is 1. The number of halogens is 1. The smallest absolute Gasteiger partial charge is 0.319 e. The van der Waals surface area contributed by atoms with Gasteiger partial charge < -0.3 is 25.2 Å². The molecule has 1 aliphatic heterocycles. The van der Waals surface area contributed by atoms with Crippen LogP contribution in [0.15, 0.2) is 61.3 Å². The number of aromatic nitrogens is 1. The van der Waals surface area contributed by atoms with E-state index in [0.29, 0.717) is 35.3 Å². The van der Waals surface area contributed by atoms with Crippen LogP contribution >= 0.6 is 11.6 Å². The summed E-state index contributed by atoms with van der Waals surface area (Å²) in [6.07, 6.45) is 9.72. The van der Waals surface area contributed by atoms with Crippen molar-refractivity contribution < 1.29 is 19.4 Å². The lowest BCUT2D eigenvalue weighted by atomic mass is 9.96. The van der Waals surface area contributed by atoms with Crippen molar-refractivity contribution >= 4 is 39.8 Å². The maximum absolute atomic E-state index is 12.4. The predicted octanol–water partition coefficient (Wildman–Crippen LogP) is 6.35. The maximum Gasteiger partial charge on any atom is 0.319 e. The number of ether oxygens (including phenoxy) is 2. The topological polar surface area (TPSA) is 96.0 Å². The summed E-state index contributed by atoms with van der Waals surface area (Å²) in [5.41, 5.74) is 3.35. The second-order valence-corrected chi connectivity index (χ2v) is 10.2. The molecule has 2 aromatic carbocycles. The summed E-state index contributed by atoms with van der Waals surface area (Å²) in [7, 11) is 1.65. The lowest BCUT2D eigenvalue weighted by molar-refractivity contribution is 0.0506. The zero-order valence-corrected chi connectivity index (χ0v) is 22.7. The minimum atomic E-state index is -0.666. The molecule has 0 radical (unpaired) electrons. The number of amides is 2. The number of anilines is 1. The third kappa shape index (κ3) is 6.19. The Labute approximate surface area is 233 Å². The van der Waals surface area contributed by atoms with Gasteiger partial charge >= 0.3 is 6.03 Å². The molecule has 204 valence electrons. The Kier molecular flexibility index (Phi) is 8.35. The maximum atomic E-state index is 12.4. The first kappa shape index (κ1) is 27.0. The summed E-state index contributed by atoms with van der Waals surface area (Å²) < 4.78 is 12.0. The van der Waals surface area contributed by atoms with Crippen LogP contribution in [0.4, 0.5) is 10.5 Å². The largest absolute Gasteiger partial charge is 0.496 e. The number of fused-ring (bicyclic) bond motifs is 1. The summed E-state index contributed by atoms with van der Waals surface area (Å²) in [5, 5.41) is 17.1. The molecule has 1 unspecified atom stereocenters. The molecule has 1 atom stereocenters. The normalized spacial score (nSPS) is 16.9. The van der Waals surface area contributed by atoms with Crippen LogP contribution in [0.3, 0.4) is 0 Å². The van der Waals surface area contributed by atoms with Gasteiger partial charge in [-0.15, -0.1) is 0 Å². The van der Waals surface area contributed by atoms with Gasteiger partial charge in [-0.3, -0.25) is 9.88 Å². The van der Waals surface area contributed by atoms with Crippen LogP contribution in [0.1, 0.15) is 37.7 Å². The first-order valence-electron chi connectivity index (χ1n) is 13.2. The number of pyridine rings is 1. The zero-order valence-electron chi connectivity index (χ0n) is 22.0. The molecular weight excluding hydrogens is 516 g/mol. The molecule has 0 bridgehead atoms. The standard InChI is InChI=1S/C30H33ClN4O4/c1-3-29(36)35-14-11-19(12-15-35)22-17-23-26(18-28(22)38-2)32-13-10-27(23)39-21-8-9-25(24(31)16-21)34-30(37)33-20-6-4-5-7-20/h3,8-11,13,16-18,20,29,36H,1,4-7,12,14-15H2,2H3,(H2,33,34,37). The number of carbonyl (C=O) groups excluding carboxylic acids is 1. The van der Waals surface area contributed by atoms with Crippen LogP contribution < -0.4 is 20.1 Å². The van der Waals surface area contributed by atoms with Gasteiger partial charge in [0.25, 0.3) is 0 Å². The van der Waals surface area contributed by atoms with Crippen LogP contribution in [0.5, 0.6) is 17.2 Å². The van der Waals surface area contributed by atoms with Crippen LogP contribution in [-0.2, 0) is 0 Å². The quantitative estimate of drug-likeness (QED) is 0.284. The molecule has 2 amide bonds. The summed E-state index contributed by atoms with van der Waals surface area (Å²) in [5.74, 6) is 1.89. The second kappa shape index (κ2) is 12.1. The average Bonchev–Trinajstić information content (AvgIpc) is 3.46. The van der Waals surface area contributed by atoms with Crippen LogP contribution in [0.25, 0.3) is 16.5 Å². The molecule has 5 rings (SSSR count). The average molecular weight is 549 g/mol. The summed E-state index contributed by atoms with van der Waals surface area (Å²) in [6, 6.07) is 10.9. The van der Waals surface area contributed by atoms with E-state index in [-0.39, 0.29) is 12.1 Å². The van der Waals surface area contributed by atoms with E-state index in [1.807, 2.05) is 23.1 Å². The zero-order chi connectivity index (χ0) is 27.4. The molecule has 2 aliphatic rings. The Morgan fingerprint density at radius 1 is 1.23 bits per heavy atom. The molecule has 1 fully saturated rings. The monoisotopic (exact) mass is 548 g/mol. The molecule has 9 heteroatoms. The molecule has 8 nitrogen and oxygen atoms in total. The molecule has 1 aliphatic carbocycles. The van der Waals surface area contributed by atoms with Gasteiger partial charge in [0.2, 0.25) is 0 Å². The van der Waals surface area contributed by atoms with Crippen molar-refractivity contribution in [2.45, 2.75) is 44.4 Å². The Morgan fingerprint density at radius 3 is 2.74 bits per heavy atom. The molecule has 3 N–H and O–H groups in total. The Balaban J connectivity index is 1.37. The summed E-state index contributed by atoms with van der Waals surface area (Å²) in [4.78, 5) is 18.8. The van der Waals surface area contributed by atoms with Crippen LogP contribution in [0.2, 0.25) is 5.02 Å². The van der Waals surface area contributed by atoms with E-state index in [0.717, 1.165) is 59.9 Å². The molecule has 1 aromatic heterocycles. The minimum absolute atomic E-state index is 0.219. The van der Waals surface area contributed by atoms with Crippen LogP contribution in [-0.4, -0.2) is 53.5 Å². The SMILES string of the molecule is C=CC(O)N1CC=C(c2cc3c(Oc4ccc(NC(=O)NC5CCCC5)c(Cl)c4)ccnc3cc2OC)CC1. The minimum Gasteiger partial charge on any atom is -0.496 e. The number of nitrogens with one attached hydrogen (secondary N) is 2. The highest BCUT2D eigenvalue weighted by atomic mass is 35.5. The number of hydrogen-bond acceptors (Lipinski definition) is 6. The lowest BCUT2D eigenvalue weighted by Crippen LogP contribution is -2.36. The van der Waals surface area contributed by atoms with E-state index in [2.05, 4.69) is 28.3 Å². The lowest BCUT2D eigenvalue weighted by Gasteiger charge is -2.29. The van der Waals surface area contributed by atoms with Crippen LogP contribution in [0, 0.1) is 0 Å². The van der Waals surface area contributed by atoms with Gasteiger partial charge in [-0.05, 0) is 55.2 Å². The van der Waals surface area contributed by atoms with Gasteiger partial charge in [-0.25, -0.2) is 4.79 Å². The fourth-order valence-electron chi connectivity index (χ4n) is 5.18. The number of hydrogen-bond donors (Lipinski definition) is 3. The fourth-order valence-corrected chi connectivity index (χ4v) is 5.40. The van der Waals surface area contributed by atoms with Gasteiger partial charge in [0, 0.05) is 48.4 Å². The van der Waals surface area contributed by atoms with E-state index in [1.54, 1.807) is 31.5 Å². The van der Waals surface area contributed by atoms with Crippen molar-refractivity contribution in [1.29, 1.82) is 0 Å². The van der Waals surface area contributed by atoms with E-state index in [9.17, 15) is 9.90 Å². The fraction of sp³-hybridized carbons (Fsp3) is 0.333. The molecule has 39 heavy (non-hydrogen) atoms. The van der Waals surface area contributed by atoms with Crippen molar-refractivity contribution in [2.24, 2.45) is 0 Å². The number of aliphatic hydroxyl groups is 1. The Morgan fingerprint density at radius 2 is 2.05 bits per heavy atom. The highest BCUT2D eigenvalue weighted by molar-refractivity contribution is 6.33. The number of aliphatic hydroxyl groups excluding tert-OH is 1. The van der Waals surface area contributed by atoms with Crippen molar-refractivity contribution in [3.8, 4) is 17.2 Å². The number of benzene rings is 2. The molecule has 0 spiro atoms. The van der Waals surface area contributed by atoms with E-state index in [1.165, 1.54) is 6.08 Å². The van der Waals surface area contributed by atoms with Gasteiger partial charge in [0.15, 0.2) is 0 Å². The van der Waals surface area contributed by atoms with Gasteiger partial charge in [0.1, 0.15) is 23.5 Å². The van der Waals surface area contributed by atoms with Gasteiger partial charge in [0.05, 0.1) is 23.3 Å². The third-order valence-corrected chi connectivity index (χ3v) is 7.61. The molecule has 1 saturated carbocycles. The van der Waals surface area contributed by atoms with Crippen molar-refractivity contribution in [1.82, 2.24) is 15.2 Å². The highest BCUT2D eigenvalue weighted by Gasteiger charge is 2.21. The number of methoxy groups -OCH3 is 1. The number of urea groups is 1. The molecule has 3 aromatic rings. The predicted molar refractivity (Wildman–Crippen MR) is 155 cm³/mol. The molecule has 2 heterocycles. The van der Waals surface area contributed by atoms with E-state index in [4.69, 9.17) is 21.1 Å². The highest BCUT2D eigenvalue weighted by Crippen LogP contribution is 2.38. The number of nitrogens with zero attached hydrogens (tertiary/aromatic N) is 2. The summed E-state index contributed by atoms with van der Waals surface area (Å²) >= 11 is 6.50. The Bertz CT molecular complexity index is 1400.